The maximum absolute atomic E-state index is 14.0. The Labute approximate surface area is 288 Å². The number of amides is 1. The smallest absolute Gasteiger partial charge is 0.258 e. The molecular weight excluding hydrogens is 617 g/mol. The van der Waals surface area contributed by atoms with Gasteiger partial charge in [0.25, 0.3) is 5.91 Å². The van der Waals surface area contributed by atoms with E-state index >= 15 is 0 Å². The highest BCUT2D eigenvalue weighted by molar-refractivity contribution is 7.80. The minimum Gasteiger partial charge on any atom is -0.368 e. The number of carbonyl (C=O) groups is 1. The molecule has 1 aliphatic carbocycles. The quantitative estimate of drug-likeness (QED) is 0.207. The van der Waals surface area contributed by atoms with Crippen molar-refractivity contribution in [3.8, 4) is 12.1 Å². The fourth-order valence-corrected chi connectivity index (χ4v) is 6.97. The first-order valence-electron chi connectivity index (χ1n) is 16.6. The van der Waals surface area contributed by atoms with E-state index < -0.39 is 0 Å². The van der Waals surface area contributed by atoms with Gasteiger partial charge in [-0.25, -0.2) is 4.98 Å². The van der Waals surface area contributed by atoms with E-state index in [9.17, 15) is 10.1 Å². The molecule has 4 aromatic rings. The molecule has 2 fully saturated rings. The van der Waals surface area contributed by atoms with Crippen LogP contribution in [0.15, 0.2) is 85.3 Å². The van der Waals surface area contributed by atoms with E-state index in [0.29, 0.717) is 35.8 Å². The SMILES string of the molecule is CN(C(=S)N1CCN(c2ccc(N(Cc3cncn3Cc3ccc(C#N)cc3)C(=O)c3ccc(C#N)cc3)cc2)CC1)C1CCCCC1. The Morgan fingerprint density at radius 3 is 2.12 bits per heavy atom. The molecule has 10 heteroatoms. The summed E-state index contributed by atoms with van der Waals surface area (Å²) in [5, 5.41) is 19.4. The molecule has 9 nitrogen and oxygen atoms in total. The van der Waals surface area contributed by atoms with Gasteiger partial charge in [-0.3, -0.25) is 4.79 Å². The second-order valence-corrected chi connectivity index (χ2v) is 12.9. The molecule has 3 aromatic carbocycles. The van der Waals surface area contributed by atoms with Gasteiger partial charge in [-0.1, -0.05) is 31.4 Å². The van der Waals surface area contributed by atoms with E-state index in [1.807, 2.05) is 28.8 Å². The number of hydrogen-bond donors (Lipinski definition) is 0. The molecule has 2 aliphatic rings. The number of anilines is 2. The van der Waals surface area contributed by atoms with E-state index in [1.54, 1.807) is 53.8 Å². The van der Waals surface area contributed by atoms with E-state index in [-0.39, 0.29) is 5.91 Å². The molecule has 0 unspecified atom stereocenters. The van der Waals surface area contributed by atoms with Crippen molar-refractivity contribution in [2.45, 2.75) is 51.2 Å². The minimum absolute atomic E-state index is 0.164. The van der Waals surface area contributed by atoms with Crippen molar-refractivity contribution in [3.05, 3.63) is 113 Å². The van der Waals surface area contributed by atoms with Crippen molar-refractivity contribution >= 4 is 34.6 Å². The molecule has 0 spiro atoms. The number of thiocarbonyl (C=S) groups is 1. The predicted octanol–water partition coefficient (Wildman–Crippen LogP) is 6.19. The Hall–Kier alpha value is -5.19. The summed E-state index contributed by atoms with van der Waals surface area (Å²) in [5.41, 5.74) is 5.40. The summed E-state index contributed by atoms with van der Waals surface area (Å²) < 4.78 is 2.02. The molecule has 0 atom stereocenters. The first kappa shape index (κ1) is 32.7. The lowest BCUT2D eigenvalue weighted by Crippen LogP contribution is -2.54. The van der Waals surface area contributed by atoms with Gasteiger partial charge in [-0.2, -0.15) is 10.5 Å². The van der Waals surface area contributed by atoms with Crippen molar-refractivity contribution in [3.63, 3.8) is 0 Å². The van der Waals surface area contributed by atoms with Crippen molar-refractivity contribution in [1.29, 1.82) is 10.5 Å². The lowest BCUT2D eigenvalue weighted by atomic mass is 9.95. The Kier molecular flexibility index (Phi) is 10.3. The summed E-state index contributed by atoms with van der Waals surface area (Å²) in [6.45, 7) is 4.37. The maximum Gasteiger partial charge on any atom is 0.258 e. The van der Waals surface area contributed by atoms with Crippen LogP contribution in [0.2, 0.25) is 0 Å². The highest BCUT2D eigenvalue weighted by atomic mass is 32.1. The first-order chi connectivity index (χ1) is 23.4. The zero-order chi connectivity index (χ0) is 33.5. The van der Waals surface area contributed by atoms with Gasteiger partial charge in [0.15, 0.2) is 5.11 Å². The molecule has 244 valence electrons. The van der Waals surface area contributed by atoms with Gasteiger partial charge >= 0.3 is 0 Å². The maximum atomic E-state index is 14.0. The lowest BCUT2D eigenvalue weighted by molar-refractivity contribution is 0.0984. The van der Waals surface area contributed by atoms with Crippen LogP contribution in [0.1, 0.15) is 64.8 Å². The van der Waals surface area contributed by atoms with Crippen LogP contribution in [0.4, 0.5) is 11.4 Å². The molecule has 6 rings (SSSR count). The number of hydrogen-bond acceptors (Lipinski definition) is 6. The van der Waals surface area contributed by atoms with Crippen molar-refractivity contribution in [2.24, 2.45) is 0 Å². The number of carbonyl (C=O) groups excluding carboxylic acids is 1. The third-order valence-corrected chi connectivity index (χ3v) is 10.1. The molecule has 0 radical (unpaired) electrons. The average Bonchev–Trinajstić information content (AvgIpc) is 3.60. The second-order valence-electron chi connectivity index (χ2n) is 12.6. The Balaban J connectivity index is 1.17. The monoisotopic (exact) mass is 656 g/mol. The molecule has 1 amide bonds. The van der Waals surface area contributed by atoms with Gasteiger partial charge in [-0.15, -0.1) is 0 Å². The van der Waals surface area contributed by atoms with Crippen molar-refractivity contribution in [2.75, 3.05) is 43.0 Å². The van der Waals surface area contributed by atoms with Gasteiger partial charge in [0, 0.05) is 68.9 Å². The number of piperazine rings is 1. The minimum atomic E-state index is -0.164. The number of imidazole rings is 1. The summed E-state index contributed by atoms with van der Waals surface area (Å²) in [4.78, 5) is 27.2. The Bertz CT molecular complexity index is 1790. The van der Waals surface area contributed by atoms with Gasteiger partial charge in [-0.05, 0) is 91.3 Å². The molecule has 2 heterocycles. The molecule has 1 aromatic heterocycles. The predicted molar refractivity (Wildman–Crippen MR) is 192 cm³/mol. The van der Waals surface area contributed by atoms with Crippen LogP contribution in [0.25, 0.3) is 0 Å². The van der Waals surface area contributed by atoms with Crippen LogP contribution in [-0.2, 0) is 13.1 Å². The topological polar surface area (TPSA) is 95.4 Å². The summed E-state index contributed by atoms with van der Waals surface area (Å²) in [6, 6.07) is 27.2. The fourth-order valence-electron chi connectivity index (χ4n) is 6.64. The van der Waals surface area contributed by atoms with Crippen LogP contribution in [0.3, 0.4) is 0 Å². The fraction of sp³-hybridized carbons (Fsp3) is 0.342. The highest BCUT2D eigenvalue weighted by Gasteiger charge is 2.26. The van der Waals surface area contributed by atoms with E-state index in [1.165, 1.54) is 32.1 Å². The van der Waals surface area contributed by atoms with Gasteiger partial charge in [0.1, 0.15) is 0 Å². The van der Waals surface area contributed by atoms with E-state index in [2.05, 4.69) is 51.0 Å². The molecule has 1 saturated heterocycles. The van der Waals surface area contributed by atoms with Crippen molar-refractivity contribution in [1.82, 2.24) is 19.4 Å². The summed E-state index contributed by atoms with van der Waals surface area (Å²) in [6.07, 6.45) is 9.92. The zero-order valence-corrected chi connectivity index (χ0v) is 28.1. The summed E-state index contributed by atoms with van der Waals surface area (Å²) in [5.74, 6) is -0.164. The number of nitriles is 2. The third kappa shape index (κ3) is 7.51. The normalized spacial score (nSPS) is 15.0. The van der Waals surface area contributed by atoms with Gasteiger partial charge in [0.2, 0.25) is 0 Å². The highest BCUT2D eigenvalue weighted by Crippen LogP contribution is 2.27. The number of rotatable bonds is 8. The third-order valence-electron chi connectivity index (χ3n) is 9.56. The number of aromatic nitrogens is 2. The van der Waals surface area contributed by atoms with Crippen molar-refractivity contribution < 1.29 is 4.79 Å². The summed E-state index contributed by atoms with van der Waals surface area (Å²) in [7, 11) is 2.16. The van der Waals surface area contributed by atoms with Crippen LogP contribution in [0.5, 0.6) is 0 Å². The van der Waals surface area contributed by atoms with Crippen LogP contribution in [0, 0.1) is 22.7 Å². The number of benzene rings is 3. The second kappa shape index (κ2) is 15.1. The van der Waals surface area contributed by atoms with Gasteiger partial charge in [0.05, 0.1) is 41.8 Å². The average molecular weight is 657 g/mol. The molecule has 0 bridgehead atoms. The molecule has 0 N–H and O–H groups in total. The van der Waals surface area contributed by atoms with Crippen LogP contribution >= 0.6 is 12.2 Å². The van der Waals surface area contributed by atoms with E-state index in [4.69, 9.17) is 17.5 Å². The number of nitrogens with zero attached hydrogens (tertiary/aromatic N) is 8. The standard InChI is InChI=1S/C38H40N8OS/c1-42(33-5-3-2-4-6-33)38(48)44-21-19-43(20-22-44)34-15-17-35(18-16-34)46(37(47)32-13-11-30(24-40)12-14-32)27-36-25-41-28-45(36)26-31-9-7-29(23-39)8-10-31/h7-18,25,28,33H,2-6,19-22,26-27H2,1H3. The Morgan fingerprint density at radius 2 is 1.50 bits per heavy atom. The Morgan fingerprint density at radius 1 is 0.875 bits per heavy atom. The van der Waals surface area contributed by atoms with E-state index in [0.717, 1.165) is 53.9 Å². The molecule has 1 aliphatic heterocycles. The molecule has 1 saturated carbocycles. The molecular formula is C38H40N8OS. The van der Waals surface area contributed by atoms with Crippen LogP contribution < -0.4 is 9.80 Å². The first-order valence-corrected chi connectivity index (χ1v) is 17.0. The van der Waals surface area contributed by atoms with Gasteiger partial charge < -0.3 is 24.2 Å². The lowest BCUT2D eigenvalue weighted by Gasteiger charge is -2.42. The largest absolute Gasteiger partial charge is 0.368 e. The zero-order valence-electron chi connectivity index (χ0n) is 27.3. The molecule has 48 heavy (non-hydrogen) atoms. The van der Waals surface area contributed by atoms with Crippen LogP contribution in [-0.4, -0.2) is 69.6 Å². The summed E-state index contributed by atoms with van der Waals surface area (Å²) >= 11 is 5.92.